The van der Waals surface area contributed by atoms with Crippen LogP contribution in [-0.4, -0.2) is 37.2 Å². The van der Waals surface area contributed by atoms with Crippen LogP contribution >= 0.6 is 0 Å². The molecule has 1 atom stereocenters. The number of carbonyl (C=O) groups is 3. The SMILES string of the molecule is CC/C=C\C/C=C\C/C=C\CCCCC(=O)OCC(COC(=O)CCCCC/C=C\CCCCCCCC)OC(=O)CCCC/C=C\C/C=C\C/C=C\CC. The fourth-order valence-corrected chi connectivity index (χ4v) is 5.58. The van der Waals surface area contributed by atoms with Crippen LogP contribution in [0.2, 0.25) is 0 Å². The van der Waals surface area contributed by atoms with Crippen molar-refractivity contribution >= 4 is 17.9 Å². The van der Waals surface area contributed by atoms with Crippen molar-refractivity contribution in [3.8, 4) is 0 Å². The highest BCUT2D eigenvalue weighted by molar-refractivity contribution is 5.71. The summed E-state index contributed by atoms with van der Waals surface area (Å²) in [6.45, 7) is 6.28. The minimum atomic E-state index is -0.815. The summed E-state index contributed by atoms with van der Waals surface area (Å²) in [5.74, 6) is -1.02. The van der Waals surface area contributed by atoms with E-state index >= 15 is 0 Å². The second kappa shape index (κ2) is 43.3. The van der Waals surface area contributed by atoms with Crippen molar-refractivity contribution in [2.45, 2.75) is 194 Å². The molecule has 0 aliphatic carbocycles. The lowest BCUT2D eigenvalue weighted by molar-refractivity contribution is -0.167. The predicted molar refractivity (Wildman–Crippen MR) is 233 cm³/mol. The van der Waals surface area contributed by atoms with Gasteiger partial charge in [0, 0.05) is 19.3 Å². The molecule has 0 aliphatic rings. The van der Waals surface area contributed by atoms with E-state index in [1.165, 1.54) is 38.5 Å². The Kier molecular flexibility index (Phi) is 40.6. The van der Waals surface area contributed by atoms with Crippen LogP contribution in [0, 0.1) is 0 Å². The van der Waals surface area contributed by atoms with Gasteiger partial charge in [-0.15, -0.1) is 0 Å². The summed E-state index contributed by atoms with van der Waals surface area (Å²) in [6.07, 6.45) is 54.3. The summed E-state index contributed by atoms with van der Waals surface area (Å²) in [6, 6.07) is 0. The molecule has 0 rings (SSSR count). The Balaban J connectivity index is 4.53. The minimum absolute atomic E-state index is 0.113. The molecule has 6 heteroatoms. The van der Waals surface area contributed by atoms with Crippen molar-refractivity contribution in [2.24, 2.45) is 0 Å². The van der Waals surface area contributed by atoms with Crippen molar-refractivity contribution in [2.75, 3.05) is 13.2 Å². The van der Waals surface area contributed by atoms with E-state index in [-0.39, 0.29) is 37.5 Å². The highest BCUT2D eigenvalue weighted by Crippen LogP contribution is 2.11. The summed E-state index contributed by atoms with van der Waals surface area (Å²) in [4.78, 5) is 37.7. The third kappa shape index (κ3) is 41.6. The van der Waals surface area contributed by atoms with Crippen LogP contribution in [0.25, 0.3) is 0 Å². The monoisotopic (exact) mass is 765 g/mol. The Morgan fingerprint density at radius 1 is 0.382 bits per heavy atom. The standard InChI is InChI=1S/C49H80O6/c1-4-7-10-13-16-19-22-25-28-30-33-36-39-42-48(51)54-45-46(55-49(52)43-40-37-34-31-27-24-21-18-15-12-9-6-3)44-53-47(50)41-38-35-32-29-26-23-20-17-14-11-8-5-2/h8-9,11-12,17-18,20-21,25-29,31,46H,4-7,10,13-16,19,22-24,30,32-45H2,1-3H3/b11-8-,12-9-,20-17-,21-18-,28-25-,29-26-,31-27-. The highest BCUT2D eigenvalue weighted by Gasteiger charge is 2.19. The van der Waals surface area contributed by atoms with Gasteiger partial charge in [0.2, 0.25) is 0 Å². The number of carbonyl (C=O) groups excluding carboxylic acids is 3. The first-order valence-corrected chi connectivity index (χ1v) is 22.1. The summed E-state index contributed by atoms with van der Waals surface area (Å²) in [7, 11) is 0. The highest BCUT2D eigenvalue weighted by atomic mass is 16.6. The van der Waals surface area contributed by atoms with Crippen LogP contribution in [0.15, 0.2) is 85.1 Å². The average molecular weight is 765 g/mol. The van der Waals surface area contributed by atoms with Gasteiger partial charge in [0.25, 0.3) is 0 Å². The van der Waals surface area contributed by atoms with Crippen LogP contribution in [0.4, 0.5) is 0 Å². The molecular weight excluding hydrogens is 685 g/mol. The van der Waals surface area contributed by atoms with E-state index in [9.17, 15) is 14.4 Å². The Labute approximate surface area is 337 Å². The third-order valence-electron chi connectivity index (χ3n) is 8.86. The molecule has 0 aromatic carbocycles. The quantitative estimate of drug-likeness (QED) is 0.0270. The van der Waals surface area contributed by atoms with Crippen molar-refractivity contribution in [3.63, 3.8) is 0 Å². The van der Waals surface area contributed by atoms with Gasteiger partial charge in [0.1, 0.15) is 13.2 Å². The van der Waals surface area contributed by atoms with E-state index in [1.54, 1.807) is 0 Å². The molecule has 312 valence electrons. The topological polar surface area (TPSA) is 78.9 Å². The van der Waals surface area contributed by atoms with Crippen molar-refractivity contribution in [1.29, 1.82) is 0 Å². The lowest BCUT2D eigenvalue weighted by atomic mass is 10.1. The van der Waals surface area contributed by atoms with Crippen LogP contribution in [0.5, 0.6) is 0 Å². The first-order chi connectivity index (χ1) is 27.0. The Bertz CT molecular complexity index is 1110. The number of allylic oxidation sites excluding steroid dienone is 14. The first-order valence-electron chi connectivity index (χ1n) is 22.1. The van der Waals surface area contributed by atoms with Gasteiger partial charge in [-0.25, -0.2) is 0 Å². The Hall–Kier alpha value is -3.41. The largest absolute Gasteiger partial charge is 0.462 e. The Morgan fingerprint density at radius 3 is 1.16 bits per heavy atom. The molecule has 0 aromatic heterocycles. The molecule has 6 nitrogen and oxygen atoms in total. The maximum absolute atomic E-state index is 12.7. The molecule has 0 saturated carbocycles. The predicted octanol–water partition coefficient (Wildman–Crippen LogP) is 14.1. The smallest absolute Gasteiger partial charge is 0.306 e. The molecule has 0 heterocycles. The molecule has 55 heavy (non-hydrogen) atoms. The van der Waals surface area contributed by atoms with Crippen LogP contribution in [0.3, 0.4) is 0 Å². The molecule has 0 bridgehead atoms. The zero-order chi connectivity index (χ0) is 40.1. The number of hydrogen-bond donors (Lipinski definition) is 0. The molecule has 0 saturated heterocycles. The zero-order valence-electron chi connectivity index (χ0n) is 35.4. The van der Waals surface area contributed by atoms with E-state index in [4.69, 9.17) is 14.2 Å². The second-order valence-electron chi connectivity index (χ2n) is 14.2. The second-order valence-corrected chi connectivity index (χ2v) is 14.2. The summed E-state index contributed by atoms with van der Waals surface area (Å²) >= 11 is 0. The lowest BCUT2D eigenvalue weighted by Crippen LogP contribution is -2.30. The van der Waals surface area contributed by atoms with E-state index in [0.717, 1.165) is 103 Å². The summed E-state index contributed by atoms with van der Waals surface area (Å²) < 4.78 is 16.6. The van der Waals surface area contributed by atoms with Gasteiger partial charge < -0.3 is 14.2 Å². The number of rotatable bonds is 38. The fourth-order valence-electron chi connectivity index (χ4n) is 5.58. The lowest BCUT2D eigenvalue weighted by Gasteiger charge is -2.18. The molecule has 0 amide bonds. The molecular formula is C49H80O6. The van der Waals surface area contributed by atoms with E-state index in [0.29, 0.717) is 19.3 Å². The summed E-state index contributed by atoms with van der Waals surface area (Å²) in [5, 5.41) is 0. The van der Waals surface area contributed by atoms with Crippen LogP contribution < -0.4 is 0 Å². The maximum Gasteiger partial charge on any atom is 0.306 e. The van der Waals surface area contributed by atoms with E-state index in [2.05, 4.69) is 106 Å². The van der Waals surface area contributed by atoms with Crippen molar-refractivity contribution < 1.29 is 28.6 Å². The van der Waals surface area contributed by atoms with E-state index in [1.807, 2.05) is 0 Å². The van der Waals surface area contributed by atoms with Gasteiger partial charge in [0.15, 0.2) is 6.10 Å². The van der Waals surface area contributed by atoms with Crippen LogP contribution in [0.1, 0.15) is 188 Å². The molecule has 0 aromatic rings. The number of ether oxygens (including phenoxy) is 3. The first kappa shape index (κ1) is 51.6. The maximum atomic E-state index is 12.7. The van der Waals surface area contributed by atoms with Gasteiger partial charge in [0.05, 0.1) is 0 Å². The molecule has 1 unspecified atom stereocenters. The minimum Gasteiger partial charge on any atom is -0.462 e. The fraction of sp³-hybridized carbons (Fsp3) is 0.653. The Morgan fingerprint density at radius 2 is 0.709 bits per heavy atom. The van der Waals surface area contributed by atoms with Crippen molar-refractivity contribution in [3.05, 3.63) is 85.1 Å². The van der Waals surface area contributed by atoms with Crippen LogP contribution in [-0.2, 0) is 28.6 Å². The zero-order valence-corrected chi connectivity index (χ0v) is 35.4. The van der Waals surface area contributed by atoms with Gasteiger partial charge in [-0.05, 0) is 109 Å². The van der Waals surface area contributed by atoms with E-state index < -0.39 is 6.10 Å². The van der Waals surface area contributed by atoms with Gasteiger partial charge in [-0.2, -0.15) is 0 Å². The molecule has 0 fully saturated rings. The third-order valence-corrected chi connectivity index (χ3v) is 8.86. The average Bonchev–Trinajstić information content (AvgIpc) is 3.18. The number of unbranched alkanes of at least 4 members (excludes halogenated alkanes) is 13. The number of hydrogen-bond acceptors (Lipinski definition) is 6. The normalized spacial score (nSPS) is 12.9. The summed E-state index contributed by atoms with van der Waals surface area (Å²) in [5.41, 5.74) is 0. The van der Waals surface area contributed by atoms with Gasteiger partial charge in [-0.3, -0.25) is 14.4 Å². The molecule has 0 aliphatic heterocycles. The molecule has 0 N–H and O–H groups in total. The van der Waals surface area contributed by atoms with Crippen molar-refractivity contribution in [1.82, 2.24) is 0 Å². The molecule has 0 radical (unpaired) electrons. The molecule has 0 spiro atoms. The van der Waals surface area contributed by atoms with Gasteiger partial charge in [-0.1, -0.05) is 144 Å². The van der Waals surface area contributed by atoms with Gasteiger partial charge >= 0.3 is 17.9 Å². The number of esters is 3.